The Morgan fingerprint density at radius 1 is 1.17 bits per heavy atom. The summed E-state index contributed by atoms with van der Waals surface area (Å²) in [4.78, 5) is 17.8. The number of anilines is 1. The van der Waals surface area contributed by atoms with Crippen molar-refractivity contribution in [3.05, 3.63) is 53.6 Å². The van der Waals surface area contributed by atoms with Crippen molar-refractivity contribution in [3.8, 4) is 11.1 Å². The number of hydroxylamine groups is 1. The molecule has 29 heavy (non-hydrogen) atoms. The van der Waals surface area contributed by atoms with Gasteiger partial charge in [-0.05, 0) is 36.1 Å². The number of halogens is 3. The quantitative estimate of drug-likeness (QED) is 0.807. The molecular weight excluding hydrogens is 385 g/mol. The minimum atomic E-state index is -5.15. The molecule has 1 aliphatic heterocycles. The average molecular weight is 408 g/mol. The van der Waals surface area contributed by atoms with Gasteiger partial charge < -0.3 is 10.6 Å². The Bertz CT molecular complexity index is 904. The molecule has 2 aromatic carbocycles. The Kier molecular flexibility index (Phi) is 5.83. The fourth-order valence-electron chi connectivity index (χ4n) is 3.44. The summed E-state index contributed by atoms with van der Waals surface area (Å²) in [6, 6.07) is 12.8. The van der Waals surface area contributed by atoms with Gasteiger partial charge in [-0.25, -0.2) is 9.69 Å². The lowest BCUT2D eigenvalue weighted by Crippen LogP contribution is -2.61. The molecule has 0 spiro atoms. The molecule has 1 aliphatic rings. The summed E-state index contributed by atoms with van der Waals surface area (Å²) >= 11 is 0. The van der Waals surface area contributed by atoms with Gasteiger partial charge in [-0.15, -0.1) is 0 Å². The standard InChI is InChI=1S/C20H23F3N4O2/c1-3-10-26-17(24)15-9-8-13(14-7-5-4-6-12(14)2)11-16(15)27(19(26)25)29-18(28)20(21,22)23/h4-9,11,17,19H,3,10,24-25H2,1-2H3. The first-order chi connectivity index (χ1) is 13.6. The predicted molar refractivity (Wildman–Crippen MR) is 103 cm³/mol. The summed E-state index contributed by atoms with van der Waals surface area (Å²) in [5.41, 5.74) is 15.9. The van der Waals surface area contributed by atoms with E-state index in [-0.39, 0.29) is 5.69 Å². The molecule has 0 aromatic heterocycles. The summed E-state index contributed by atoms with van der Waals surface area (Å²) < 4.78 is 38.5. The van der Waals surface area contributed by atoms with Gasteiger partial charge in [0.2, 0.25) is 0 Å². The molecule has 1 heterocycles. The number of hydrogen-bond acceptors (Lipinski definition) is 6. The van der Waals surface area contributed by atoms with Crippen LogP contribution in [0.4, 0.5) is 18.9 Å². The van der Waals surface area contributed by atoms with Gasteiger partial charge in [0, 0.05) is 12.1 Å². The Balaban J connectivity index is 2.10. The molecule has 0 fully saturated rings. The van der Waals surface area contributed by atoms with Gasteiger partial charge in [0.25, 0.3) is 0 Å². The summed E-state index contributed by atoms with van der Waals surface area (Å²) in [6.45, 7) is 4.24. The number of benzene rings is 2. The van der Waals surface area contributed by atoms with Crippen molar-refractivity contribution in [3.63, 3.8) is 0 Å². The zero-order valence-corrected chi connectivity index (χ0v) is 16.1. The van der Waals surface area contributed by atoms with Crippen LogP contribution in [0, 0.1) is 6.92 Å². The highest BCUT2D eigenvalue weighted by Gasteiger charge is 2.46. The van der Waals surface area contributed by atoms with E-state index in [1.807, 2.05) is 44.2 Å². The van der Waals surface area contributed by atoms with Gasteiger partial charge in [-0.3, -0.25) is 5.73 Å². The van der Waals surface area contributed by atoms with Gasteiger partial charge >= 0.3 is 12.1 Å². The third kappa shape index (κ3) is 4.07. The van der Waals surface area contributed by atoms with Crippen molar-refractivity contribution in [2.45, 2.75) is 38.9 Å². The SMILES string of the molecule is CCCN1C(N)c2ccc(-c3ccccc3C)cc2N(OC(=O)C(F)(F)F)C1N. The number of alkyl halides is 3. The molecule has 2 aromatic rings. The van der Waals surface area contributed by atoms with E-state index in [1.165, 1.54) is 0 Å². The topological polar surface area (TPSA) is 84.8 Å². The lowest BCUT2D eigenvalue weighted by Gasteiger charge is -2.45. The van der Waals surface area contributed by atoms with E-state index in [1.54, 1.807) is 17.0 Å². The monoisotopic (exact) mass is 408 g/mol. The van der Waals surface area contributed by atoms with Crippen molar-refractivity contribution in [1.82, 2.24) is 4.90 Å². The second-order valence-electron chi connectivity index (χ2n) is 6.89. The van der Waals surface area contributed by atoms with Crippen molar-refractivity contribution >= 4 is 11.7 Å². The maximum absolute atomic E-state index is 12.8. The van der Waals surface area contributed by atoms with Crippen molar-refractivity contribution < 1.29 is 22.8 Å². The summed E-state index contributed by atoms with van der Waals surface area (Å²) in [5.74, 6) is -2.34. The second-order valence-corrected chi connectivity index (χ2v) is 6.89. The molecule has 2 atom stereocenters. The van der Waals surface area contributed by atoms with Crippen LogP contribution < -0.4 is 16.5 Å². The van der Waals surface area contributed by atoms with Gasteiger partial charge in [0.15, 0.2) is 6.29 Å². The van der Waals surface area contributed by atoms with Crippen molar-refractivity contribution in [1.29, 1.82) is 0 Å². The first-order valence-corrected chi connectivity index (χ1v) is 9.20. The second kappa shape index (κ2) is 8.02. The molecule has 0 saturated heterocycles. The highest BCUT2D eigenvalue weighted by atomic mass is 19.4. The molecule has 0 radical (unpaired) electrons. The van der Waals surface area contributed by atoms with E-state index < -0.39 is 24.6 Å². The molecule has 0 amide bonds. The number of nitrogens with zero attached hydrogens (tertiary/aromatic N) is 2. The van der Waals surface area contributed by atoms with E-state index in [9.17, 15) is 18.0 Å². The number of aryl methyl sites for hydroxylation is 1. The maximum atomic E-state index is 12.8. The van der Waals surface area contributed by atoms with Gasteiger partial charge in [-0.1, -0.05) is 43.3 Å². The minimum Gasteiger partial charge on any atom is -0.329 e. The lowest BCUT2D eigenvalue weighted by atomic mass is 9.96. The van der Waals surface area contributed by atoms with Crippen molar-refractivity contribution in [2.75, 3.05) is 11.6 Å². The number of nitrogens with two attached hydrogens (primary N) is 2. The number of carbonyl (C=O) groups excluding carboxylic acids is 1. The smallest absolute Gasteiger partial charge is 0.329 e. The summed E-state index contributed by atoms with van der Waals surface area (Å²) in [5, 5.41) is 0.798. The molecule has 2 unspecified atom stereocenters. The number of rotatable bonds is 4. The molecular formula is C20H23F3N4O2. The highest BCUT2D eigenvalue weighted by molar-refractivity contribution is 5.78. The fourth-order valence-corrected chi connectivity index (χ4v) is 3.44. The van der Waals surface area contributed by atoms with Crippen molar-refractivity contribution in [2.24, 2.45) is 11.5 Å². The van der Waals surface area contributed by atoms with Gasteiger partial charge in [-0.2, -0.15) is 18.2 Å². The normalized spacial score (nSPS) is 19.8. The zero-order chi connectivity index (χ0) is 21.3. The number of fused-ring (bicyclic) bond motifs is 1. The van der Waals surface area contributed by atoms with E-state index in [0.717, 1.165) is 21.8 Å². The van der Waals surface area contributed by atoms with Crippen LogP contribution in [0.5, 0.6) is 0 Å². The molecule has 6 nitrogen and oxygen atoms in total. The van der Waals surface area contributed by atoms with Crippen LogP contribution in [-0.2, 0) is 9.63 Å². The summed E-state index contributed by atoms with van der Waals surface area (Å²) in [7, 11) is 0. The highest BCUT2D eigenvalue weighted by Crippen LogP contribution is 2.39. The van der Waals surface area contributed by atoms with E-state index >= 15 is 0 Å². The third-order valence-electron chi connectivity index (χ3n) is 4.87. The van der Waals surface area contributed by atoms with Crippen LogP contribution in [0.2, 0.25) is 0 Å². The average Bonchev–Trinajstić information content (AvgIpc) is 2.67. The molecule has 0 bridgehead atoms. The molecule has 0 saturated carbocycles. The Hall–Kier alpha value is -2.62. The molecule has 156 valence electrons. The van der Waals surface area contributed by atoms with Crippen LogP contribution >= 0.6 is 0 Å². The van der Waals surface area contributed by atoms with Crippen LogP contribution in [0.1, 0.15) is 30.6 Å². The minimum absolute atomic E-state index is 0.232. The fraction of sp³-hybridized carbons (Fsp3) is 0.350. The molecule has 9 heteroatoms. The van der Waals surface area contributed by atoms with Gasteiger partial charge in [0.05, 0.1) is 11.9 Å². The van der Waals surface area contributed by atoms with Crippen LogP contribution in [0.25, 0.3) is 11.1 Å². The number of carbonyl (C=O) groups is 1. The van der Waals surface area contributed by atoms with Gasteiger partial charge in [0.1, 0.15) is 0 Å². The summed E-state index contributed by atoms with van der Waals surface area (Å²) in [6.07, 6.45) is -6.29. The maximum Gasteiger partial charge on any atom is 0.493 e. The van der Waals surface area contributed by atoms with E-state index in [4.69, 9.17) is 11.5 Å². The number of hydrogen-bond donors (Lipinski definition) is 2. The third-order valence-corrected chi connectivity index (χ3v) is 4.87. The lowest BCUT2D eigenvalue weighted by molar-refractivity contribution is -0.204. The van der Waals surface area contributed by atoms with Crippen LogP contribution in [0.3, 0.4) is 0 Å². The van der Waals surface area contributed by atoms with Crippen LogP contribution in [0.15, 0.2) is 42.5 Å². The van der Waals surface area contributed by atoms with E-state index in [2.05, 4.69) is 4.84 Å². The van der Waals surface area contributed by atoms with E-state index in [0.29, 0.717) is 18.5 Å². The van der Waals surface area contributed by atoms with Crippen LogP contribution in [-0.4, -0.2) is 29.9 Å². The first-order valence-electron chi connectivity index (χ1n) is 9.20. The molecule has 3 rings (SSSR count). The zero-order valence-electron chi connectivity index (χ0n) is 16.1. The molecule has 4 N–H and O–H groups in total. The Morgan fingerprint density at radius 2 is 1.86 bits per heavy atom. The first kappa shape index (κ1) is 21.1. The largest absolute Gasteiger partial charge is 0.493 e. The Labute approximate surface area is 166 Å². The predicted octanol–water partition coefficient (Wildman–Crippen LogP) is 3.41. The Morgan fingerprint density at radius 3 is 2.48 bits per heavy atom. The molecule has 0 aliphatic carbocycles.